The molecular weight excluding hydrogens is 391 g/mol. The third kappa shape index (κ3) is 3.90. The molecule has 0 radical (unpaired) electrons. The summed E-state index contributed by atoms with van der Waals surface area (Å²) >= 11 is 0. The average molecular weight is 408 g/mol. The third-order valence-electron chi connectivity index (χ3n) is 4.40. The van der Waals surface area contributed by atoms with Gasteiger partial charge in [0.25, 0.3) is 5.56 Å². The maximum absolute atomic E-state index is 13.1. The number of aromatic nitrogens is 4. The van der Waals surface area contributed by atoms with Crippen LogP contribution in [0.2, 0.25) is 0 Å². The Bertz CT molecular complexity index is 1230. The molecule has 0 saturated heterocycles. The van der Waals surface area contributed by atoms with Crippen molar-refractivity contribution < 1.29 is 18.4 Å². The monoisotopic (exact) mass is 408 g/mol. The zero-order valence-corrected chi connectivity index (χ0v) is 16.2. The molecule has 2 heterocycles. The topological polar surface area (TPSA) is 92.3 Å². The van der Waals surface area contributed by atoms with E-state index in [4.69, 9.17) is 14.0 Å². The lowest BCUT2D eigenvalue weighted by molar-refractivity contribution is 0.355. The first kappa shape index (κ1) is 19.3. The number of hydrogen-bond donors (Lipinski definition) is 0. The molecule has 0 aliphatic heterocycles. The number of ether oxygens (including phenoxy) is 2. The molecule has 0 aliphatic rings. The normalized spacial score (nSPS) is 10.8. The van der Waals surface area contributed by atoms with Crippen molar-refractivity contribution >= 4 is 0 Å². The van der Waals surface area contributed by atoms with Crippen LogP contribution in [0, 0.1) is 5.82 Å². The second-order valence-corrected chi connectivity index (χ2v) is 6.30. The maximum Gasteiger partial charge on any atom is 0.267 e. The zero-order valence-electron chi connectivity index (χ0n) is 16.2. The highest BCUT2D eigenvalue weighted by atomic mass is 19.1. The van der Waals surface area contributed by atoms with Crippen LogP contribution in [0.1, 0.15) is 5.89 Å². The summed E-state index contributed by atoms with van der Waals surface area (Å²) in [5.41, 5.74) is 1.60. The van der Waals surface area contributed by atoms with Crippen LogP contribution in [0.25, 0.3) is 22.6 Å². The summed E-state index contributed by atoms with van der Waals surface area (Å²) in [6.07, 6.45) is 0. The number of benzene rings is 2. The van der Waals surface area contributed by atoms with Gasteiger partial charge in [0.2, 0.25) is 11.7 Å². The molecule has 0 spiro atoms. The van der Waals surface area contributed by atoms with E-state index in [1.165, 1.54) is 22.9 Å². The number of hydrogen-bond acceptors (Lipinski definition) is 7. The van der Waals surface area contributed by atoms with Gasteiger partial charge in [0.1, 0.15) is 12.4 Å². The van der Waals surface area contributed by atoms with Gasteiger partial charge in [-0.2, -0.15) is 10.1 Å². The van der Waals surface area contributed by atoms with E-state index in [1.807, 2.05) is 6.07 Å². The Balaban J connectivity index is 1.62. The lowest BCUT2D eigenvalue weighted by Gasteiger charge is -2.10. The van der Waals surface area contributed by atoms with Gasteiger partial charge in [0.05, 0.1) is 19.9 Å². The molecular formula is C21H17FN4O4. The molecule has 9 heteroatoms. The fourth-order valence-electron chi connectivity index (χ4n) is 2.88. The number of rotatable bonds is 6. The van der Waals surface area contributed by atoms with Crippen LogP contribution < -0.4 is 15.0 Å². The van der Waals surface area contributed by atoms with Gasteiger partial charge >= 0.3 is 0 Å². The molecule has 0 unspecified atom stereocenters. The van der Waals surface area contributed by atoms with E-state index in [0.717, 1.165) is 5.56 Å². The average Bonchev–Trinajstić information content (AvgIpc) is 3.23. The van der Waals surface area contributed by atoms with Crippen molar-refractivity contribution in [2.24, 2.45) is 0 Å². The Morgan fingerprint density at radius 3 is 2.43 bits per heavy atom. The zero-order chi connectivity index (χ0) is 21.1. The molecule has 0 aliphatic carbocycles. The minimum Gasteiger partial charge on any atom is -0.493 e. The smallest absolute Gasteiger partial charge is 0.267 e. The van der Waals surface area contributed by atoms with Gasteiger partial charge in [-0.15, -0.1) is 0 Å². The molecule has 0 saturated carbocycles. The minimum atomic E-state index is -0.356. The first-order chi connectivity index (χ1) is 14.6. The molecule has 2 aromatic heterocycles. The van der Waals surface area contributed by atoms with Gasteiger partial charge in [-0.3, -0.25) is 4.79 Å². The van der Waals surface area contributed by atoms with E-state index in [0.29, 0.717) is 28.6 Å². The summed E-state index contributed by atoms with van der Waals surface area (Å²) in [6, 6.07) is 14.1. The van der Waals surface area contributed by atoms with Crippen LogP contribution >= 0.6 is 0 Å². The molecule has 0 bridgehead atoms. The maximum atomic E-state index is 13.1. The molecule has 0 N–H and O–H groups in total. The predicted octanol–water partition coefficient (Wildman–Crippen LogP) is 3.16. The standard InChI is InChI=1S/C21H17FN4O4/c1-28-17-9-5-14(11-18(17)29-2)16-8-10-20(27)26(24-16)12-19-23-21(25-30-19)13-3-6-15(22)7-4-13/h3-11H,12H2,1-2H3. The van der Waals surface area contributed by atoms with Gasteiger partial charge < -0.3 is 14.0 Å². The van der Waals surface area contributed by atoms with Gasteiger partial charge in [-0.25, -0.2) is 9.07 Å². The van der Waals surface area contributed by atoms with Crippen molar-refractivity contribution in [1.82, 2.24) is 19.9 Å². The number of halogens is 1. The van der Waals surface area contributed by atoms with E-state index >= 15 is 0 Å². The summed E-state index contributed by atoms with van der Waals surface area (Å²) in [5, 5.41) is 8.27. The molecule has 8 nitrogen and oxygen atoms in total. The van der Waals surface area contributed by atoms with Crippen LogP contribution in [0.15, 0.2) is 63.9 Å². The second kappa shape index (κ2) is 8.16. The second-order valence-electron chi connectivity index (χ2n) is 6.30. The first-order valence-electron chi connectivity index (χ1n) is 8.96. The number of methoxy groups -OCH3 is 2. The van der Waals surface area contributed by atoms with Crippen molar-refractivity contribution in [2.75, 3.05) is 14.2 Å². The summed E-state index contributed by atoms with van der Waals surface area (Å²) in [7, 11) is 3.10. The van der Waals surface area contributed by atoms with Crippen LogP contribution in [-0.2, 0) is 6.54 Å². The van der Waals surface area contributed by atoms with Crippen LogP contribution in [-0.4, -0.2) is 34.1 Å². The van der Waals surface area contributed by atoms with Crippen molar-refractivity contribution in [3.05, 3.63) is 76.7 Å². The van der Waals surface area contributed by atoms with Crippen LogP contribution in [0.4, 0.5) is 4.39 Å². The van der Waals surface area contributed by atoms with Gasteiger partial charge in [-0.1, -0.05) is 5.16 Å². The highest BCUT2D eigenvalue weighted by Gasteiger charge is 2.13. The summed E-state index contributed by atoms with van der Waals surface area (Å²) in [4.78, 5) is 16.5. The lowest BCUT2D eigenvalue weighted by Crippen LogP contribution is -2.23. The van der Waals surface area contributed by atoms with E-state index in [9.17, 15) is 9.18 Å². The van der Waals surface area contributed by atoms with E-state index < -0.39 is 0 Å². The lowest BCUT2D eigenvalue weighted by atomic mass is 10.1. The SMILES string of the molecule is COc1ccc(-c2ccc(=O)n(Cc3nc(-c4ccc(F)cc4)no3)n2)cc1OC. The fourth-order valence-corrected chi connectivity index (χ4v) is 2.88. The molecule has 0 atom stereocenters. The Kier molecular flexibility index (Phi) is 5.25. The minimum absolute atomic E-state index is 0.00580. The largest absolute Gasteiger partial charge is 0.493 e. The van der Waals surface area contributed by atoms with Crippen molar-refractivity contribution in [2.45, 2.75) is 6.54 Å². The first-order valence-corrected chi connectivity index (χ1v) is 8.96. The highest BCUT2D eigenvalue weighted by Crippen LogP contribution is 2.31. The Labute approximate surface area is 170 Å². The Morgan fingerprint density at radius 2 is 1.70 bits per heavy atom. The van der Waals surface area contributed by atoms with E-state index in [2.05, 4.69) is 15.2 Å². The van der Waals surface area contributed by atoms with Gasteiger partial charge in [0.15, 0.2) is 11.5 Å². The fraction of sp³-hybridized carbons (Fsp3) is 0.143. The molecule has 4 aromatic rings. The number of nitrogens with zero attached hydrogens (tertiary/aromatic N) is 4. The summed E-state index contributed by atoms with van der Waals surface area (Å²) in [5.74, 6) is 1.29. The van der Waals surface area contributed by atoms with Crippen molar-refractivity contribution in [1.29, 1.82) is 0 Å². The molecule has 4 rings (SSSR count). The van der Waals surface area contributed by atoms with Crippen molar-refractivity contribution in [3.63, 3.8) is 0 Å². The Morgan fingerprint density at radius 1 is 0.967 bits per heavy atom. The molecule has 0 amide bonds. The quantitative estimate of drug-likeness (QED) is 0.484. The van der Waals surface area contributed by atoms with E-state index in [-0.39, 0.29) is 23.8 Å². The summed E-state index contributed by atoms with van der Waals surface area (Å²) in [6.45, 7) is -0.00580. The summed E-state index contributed by atoms with van der Waals surface area (Å²) < 4.78 is 30.1. The Hall–Kier alpha value is -4.01. The van der Waals surface area contributed by atoms with Gasteiger partial charge in [0, 0.05) is 17.2 Å². The third-order valence-corrected chi connectivity index (χ3v) is 4.40. The highest BCUT2D eigenvalue weighted by molar-refractivity contribution is 5.63. The predicted molar refractivity (Wildman–Crippen MR) is 106 cm³/mol. The van der Waals surface area contributed by atoms with Gasteiger partial charge in [-0.05, 0) is 48.5 Å². The molecule has 2 aromatic carbocycles. The van der Waals surface area contributed by atoms with E-state index in [1.54, 1.807) is 44.6 Å². The molecule has 152 valence electrons. The van der Waals surface area contributed by atoms with Crippen molar-refractivity contribution in [3.8, 4) is 34.1 Å². The molecule has 30 heavy (non-hydrogen) atoms. The van der Waals surface area contributed by atoms with Crippen LogP contribution in [0.5, 0.6) is 11.5 Å². The molecule has 0 fully saturated rings. The van der Waals surface area contributed by atoms with Crippen LogP contribution in [0.3, 0.4) is 0 Å².